The fraction of sp³-hybridized carbons (Fsp3) is 0.269. The van der Waals surface area contributed by atoms with Crippen molar-refractivity contribution in [3.05, 3.63) is 83.9 Å². The van der Waals surface area contributed by atoms with Crippen LogP contribution < -0.4 is 4.90 Å². The Kier molecular flexibility index (Phi) is 6.83. The third kappa shape index (κ3) is 4.88. The molecule has 1 unspecified atom stereocenters. The van der Waals surface area contributed by atoms with E-state index in [0.717, 1.165) is 24.8 Å². The molecule has 0 radical (unpaired) electrons. The van der Waals surface area contributed by atoms with Gasteiger partial charge in [-0.3, -0.25) is 14.7 Å². The van der Waals surface area contributed by atoms with E-state index in [2.05, 4.69) is 9.97 Å². The molecule has 0 aliphatic carbocycles. The highest BCUT2D eigenvalue weighted by Gasteiger charge is 2.31. The Bertz CT molecular complexity index is 1490. The number of rotatable bonds is 6. The van der Waals surface area contributed by atoms with Crippen molar-refractivity contribution in [1.29, 1.82) is 0 Å². The fourth-order valence-corrected chi connectivity index (χ4v) is 7.08. The Morgan fingerprint density at radius 2 is 1.97 bits per heavy atom. The first-order valence-electron chi connectivity index (χ1n) is 11.7. The first-order valence-corrected chi connectivity index (χ1v) is 14.0. The van der Waals surface area contributed by atoms with Gasteiger partial charge in [0.15, 0.2) is 5.13 Å². The van der Waals surface area contributed by atoms with Gasteiger partial charge in [-0.25, -0.2) is 17.8 Å². The molecule has 2 aromatic heterocycles. The molecule has 1 amide bonds. The molecule has 0 bridgehead atoms. The molecule has 0 saturated carbocycles. The number of benzene rings is 2. The minimum absolute atomic E-state index is 0.0519. The van der Waals surface area contributed by atoms with Crippen molar-refractivity contribution in [2.45, 2.75) is 43.7 Å². The van der Waals surface area contributed by atoms with Crippen molar-refractivity contribution in [3.8, 4) is 0 Å². The lowest BCUT2D eigenvalue weighted by Gasteiger charge is -2.32. The molecular formula is C26H25FN4O3S2. The predicted octanol–water partition coefficient (Wildman–Crippen LogP) is 5.24. The quantitative estimate of drug-likeness (QED) is 0.344. The number of anilines is 1. The van der Waals surface area contributed by atoms with Crippen LogP contribution in [0.1, 0.15) is 42.1 Å². The molecule has 5 rings (SSSR count). The number of hydrogen-bond acceptors (Lipinski definition) is 6. The molecule has 1 aliphatic heterocycles. The second kappa shape index (κ2) is 10.0. The number of hydrogen-bond donors (Lipinski definition) is 0. The topological polar surface area (TPSA) is 83.5 Å². The van der Waals surface area contributed by atoms with E-state index < -0.39 is 10.0 Å². The van der Waals surface area contributed by atoms with Gasteiger partial charge in [0.2, 0.25) is 10.0 Å². The molecule has 1 aliphatic rings. The van der Waals surface area contributed by atoms with Crippen LogP contribution in [0.25, 0.3) is 10.2 Å². The van der Waals surface area contributed by atoms with Gasteiger partial charge >= 0.3 is 0 Å². The maximum atomic E-state index is 13.7. The van der Waals surface area contributed by atoms with E-state index in [-0.39, 0.29) is 29.2 Å². The normalized spacial score (nSPS) is 16.8. The highest BCUT2D eigenvalue weighted by molar-refractivity contribution is 7.89. The Morgan fingerprint density at radius 3 is 2.69 bits per heavy atom. The number of carbonyl (C=O) groups excluding carboxylic acids is 1. The maximum Gasteiger partial charge on any atom is 0.260 e. The van der Waals surface area contributed by atoms with Crippen molar-refractivity contribution < 1.29 is 17.6 Å². The highest BCUT2D eigenvalue weighted by Crippen LogP contribution is 2.32. The number of halogens is 1. The Labute approximate surface area is 213 Å². The minimum Gasteiger partial charge on any atom is -0.279 e. The van der Waals surface area contributed by atoms with Crippen LogP contribution in [0.5, 0.6) is 0 Å². The van der Waals surface area contributed by atoms with Gasteiger partial charge in [-0.15, -0.1) is 0 Å². The lowest BCUT2D eigenvalue weighted by atomic mass is 10.1. The number of fused-ring (bicyclic) bond motifs is 1. The van der Waals surface area contributed by atoms with Crippen molar-refractivity contribution in [2.75, 3.05) is 11.4 Å². The average Bonchev–Trinajstić information content (AvgIpc) is 3.30. The van der Waals surface area contributed by atoms with Crippen LogP contribution in [0.4, 0.5) is 9.52 Å². The molecule has 7 nitrogen and oxygen atoms in total. The van der Waals surface area contributed by atoms with E-state index in [1.807, 2.05) is 13.0 Å². The summed E-state index contributed by atoms with van der Waals surface area (Å²) in [5.74, 6) is -0.712. The molecule has 36 heavy (non-hydrogen) atoms. The van der Waals surface area contributed by atoms with Gasteiger partial charge < -0.3 is 0 Å². The summed E-state index contributed by atoms with van der Waals surface area (Å²) in [7, 11) is -3.64. The number of piperidine rings is 1. The minimum atomic E-state index is -3.64. The van der Waals surface area contributed by atoms with E-state index in [9.17, 15) is 17.6 Å². The largest absolute Gasteiger partial charge is 0.279 e. The van der Waals surface area contributed by atoms with Gasteiger partial charge in [0.1, 0.15) is 5.82 Å². The van der Waals surface area contributed by atoms with Crippen LogP contribution in [0.15, 0.2) is 71.9 Å². The smallest absolute Gasteiger partial charge is 0.260 e. The monoisotopic (exact) mass is 524 g/mol. The molecule has 4 aromatic rings. The van der Waals surface area contributed by atoms with E-state index in [4.69, 9.17) is 0 Å². The van der Waals surface area contributed by atoms with E-state index in [1.54, 1.807) is 28.8 Å². The molecule has 0 spiro atoms. The molecule has 1 atom stereocenters. The van der Waals surface area contributed by atoms with Gasteiger partial charge in [0.05, 0.1) is 21.7 Å². The predicted molar refractivity (Wildman–Crippen MR) is 138 cm³/mol. The van der Waals surface area contributed by atoms with E-state index >= 15 is 0 Å². The van der Waals surface area contributed by atoms with E-state index in [0.29, 0.717) is 27.5 Å². The van der Waals surface area contributed by atoms with Crippen LogP contribution in [0, 0.1) is 5.82 Å². The number of pyridine rings is 1. The summed E-state index contributed by atoms with van der Waals surface area (Å²) in [4.78, 5) is 24.0. The maximum absolute atomic E-state index is 13.7. The SMILES string of the molecule is CC1CCCCN1S(=O)(=O)c1ccc(C(=O)N(Cc2cccnc2)c2nc3ccc(F)cc3s2)cc1. The second-order valence-electron chi connectivity index (χ2n) is 8.85. The lowest BCUT2D eigenvalue weighted by Crippen LogP contribution is -2.41. The third-order valence-corrected chi connectivity index (χ3v) is 9.40. The molecule has 2 aromatic carbocycles. The molecular weight excluding hydrogens is 499 g/mol. The second-order valence-corrected chi connectivity index (χ2v) is 11.7. The van der Waals surface area contributed by atoms with Crippen LogP contribution in [-0.2, 0) is 16.6 Å². The van der Waals surface area contributed by atoms with Gasteiger partial charge in [-0.2, -0.15) is 4.31 Å². The van der Waals surface area contributed by atoms with Crippen LogP contribution in [0.3, 0.4) is 0 Å². The Hall–Kier alpha value is -3.21. The Morgan fingerprint density at radius 1 is 1.17 bits per heavy atom. The van der Waals surface area contributed by atoms with Crippen LogP contribution in [0.2, 0.25) is 0 Å². The van der Waals surface area contributed by atoms with Crippen molar-refractivity contribution >= 4 is 42.6 Å². The Balaban J connectivity index is 1.47. The average molecular weight is 525 g/mol. The highest BCUT2D eigenvalue weighted by atomic mass is 32.2. The number of aromatic nitrogens is 2. The van der Waals surface area contributed by atoms with Crippen LogP contribution >= 0.6 is 11.3 Å². The summed E-state index contributed by atoms with van der Waals surface area (Å²) in [6.45, 7) is 2.64. The molecule has 10 heteroatoms. The molecule has 0 N–H and O–H groups in total. The molecule has 1 saturated heterocycles. The van der Waals surface area contributed by atoms with Crippen LogP contribution in [-0.4, -0.2) is 41.2 Å². The molecule has 1 fully saturated rings. The number of nitrogens with zero attached hydrogens (tertiary/aromatic N) is 4. The van der Waals surface area contributed by atoms with E-state index in [1.165, 1.54) is 52.6 Å². The summed E-state index contributed by atoms with van der Waals surface area (Å²) >= 11 is 1.22. The van der Waals surface area contributed by atoms with Gasteiger partial charge in [-0.05, 0) is 73.9 Å². The lowest BCUT2D eigenvalue weighted by molar-refractivity contribution is 0.0985. The first kappa shape index (κ1) is 24.5. The van der Waals surface area contributed by atoms with Crippen molar-refractivity contribution in [2.24, 2.45) is 0 Å². The van der Waals surface area contributed by atoms with Crippen molar-refractivity contribution in [1.82, 2.24) is 14.3 Å². The number of sulfonamides is 1. The van der Waals surface area contributed by atoms with Gasteiger partial charge in [-0.1, -0.05) is 23.8 Å². The number of thiazole rings is 1. The first-order chi connectivity index (χ1) is 17.3. The summed E-state index contributed by atoms with van der Waals surface area (Å²) in [5, 5.41) is 0.420. The third-order valence-electron chi connectivity index (χ3n) is 6.33. The number of amides is 1. The van der Waals surface area contributed by atoms with Gasteiger partial charge in [0.25, 0.3) is 5.91 Å². The zero-order chi connectivity index (χ0) is 25.3. The fourth-order valence-electron chi connectivity index (χ4n) is 4.39. The molecule has 3 heterocycles. The summed E-state index contributed by atoms with van der Waals surface area (Å²) in [6.07, 6.45) is 6.02. The standard InChI is InChI=1S/C26H25FN4O3S2/c1-18-5-2-3-14-31(18)36(33,34)22-10-7-20(8-11-22)25(32)30(17-19-6-4-13-28-16-19)26-29-23-12-9-21(27)15-24(23)35-26/h4,6-13,15-16,18H,2-3,5,14,17H2,1H3. The molecule has 186 valence electrons. The summed E-state index contributed by atoms with van der Waals surface area (Å²) in [5.41, 5.74) is 1.72. The van der Waals surface area contributed by atoms with Crippen molar-refractivity contribution in [3.63, 3.8) is 0 Å². The summed E-state index contributed by atoms with van der Waals surface area (Å²) in [6, 6.07) is 13.9. The zero-order valence-electron chi connectivity index (χ0n) is 19.7. The summed E-state index contributed by atoms with van der Waals surface area (Å²) < 4.78 is 42.3. The zero-order valence-corrected chi connectivity index (χ0v) is 21.3. The number of carbonyl (C=O) groups is 1. The van der Waals surface area contributed by atoms with Gasteiger partial charge in [0, 0.05) is 30.5 Å².